The molecule has 0 aliphatic heterocycles. The van der Waals surface area contributed by atoms with Crippen molar-refractivity contribution in [3.8, 4) is 0 Å². The van der Waals surface area contributed by atoms with Crippen LogP contribution in [0.1, 0.15) is 65.6 Å². The Kier molecular flexibility index (Phi) is 5.43. The van der Waals surface area contributed by atoms with Crippen LogP contribution in [-0.2, 0) is 6.42 Å². The van der Waals surface area contributed by atoms with Gasteiger partial charge in [-0.3, -0.25) is 0 Å². The van der Waals surface area contributed by atoms with Crippen LogP contribution in [-0.4, -0.2) is 22.6 Å². The molecule has 1 aromatic heterocycles. The molecule has 0 saturated heterocycles. The van der Waals surface area contributed by atoms with E-state index in [1.165, 1.54) is 25.7 Å². The highest BCUT2D eigenvalue weighted by Gasteiger charge is 2.26. The molecule has 0 aromatic carbocycles. The molecule has 2 N–H and O–H groups in total. The van der Waals surface area contributed by atoms with E-state index in [0.29, 0.717) is 11.5 Å². The first kappa shape index (κ1) is 16.1. The average Bonchev–Trinajstić information content (AvgIpc) is 2.47. The molecule has 1 saturated carbocycles. The summed E-state index contributed by atoms with van der Waals surface area (Å²) in [5.74, 6) is 2.84. The number of nitrogens with zero attached hydrogens (tertiary/aromatic N) is 2. The van der Waals surface area contributed by atoms with Crippen molar-refractivity contribution in [3.63, 3.8) is 0 Å². The van der Waals surface area contributed by atoms with E-state index in [-0.39, 0.29) is 0 Å². The smallest absolute Gasteiger partial charge is 0.132 e. The molecular weight excluding hydrogens is 260 g/mol. The highest BCUT2D eigenvalue weighted by atomic mass is 15.1. The third-order valence-electron chi connectivity index (χ3n) is 4.34. The van der Waals surface area contributed by atoms with Crippen molar-refractivity contribution in [1.82, 2.24) is 9.97 Å². The van der Waals surface area contributed by atoms with Crippen molar-refractivity contribution in [1.29, 1.82) is 0 Å². The van der Waals surface area contributed by atoms with Crippen LogP contribution < -0.4 is 10.6 Å². The topological polar surface area (TPSA) is 49.8 Å². The molecule has 0 spiro atoms. The molecule has 2 rings (SSSR count). The van der Waals surface area contributed by atoms with Crippen molar-refractivity contribution in [2.75, 3.05) is 17.2 Å². The zero-order valence-electron chi connectivity index (χ0n) is 14.0. The van der Waals surface area contributed by atoms with E-state index in [9.17, 15) is 0 Å². The van der Waals surface area contributed by atoms with Gasteiger partial charge in [-0.1, -0.05) is 27.7 Å². The van der Waals surface area contributed by atoms with Crippen molar-refractivity contribution in [3.05, 3.63) is 11.9 Å². The van der Waals surface area contributed by atoms with Gasteiger partial charge in [0, 0.05) is 25.1 Å². The Balaban J connectivity index is 2.01. The average molecular weight is 290 g/mol. The molecular formula is C17H30N4. The van der Waals surface area contributed by atoms with E-state index >= 15 is 0 Å². The highest BCUT2D eigenvalue weighted by molar-refractivity contribution is 5.48. The lowest BCUT2D eigenvalue weighted by molar-refractivity contribution is 0.232. The van der Waals surface area contributed by atoms with Gasteiger partial charge in [-0.15, -0.1) is 0 Å². The van der Waals surface area contributed by atoms with E-state index in [0.717, 1.165) is 36.8 Å². The number of anilines is 2. The van der Waals surface area contributed by atoms with Crippen molar-refractivity contribution in [2.45, 2.75) is 72.3 Å². The minimum Gasteiger partial charge on any atom is -0.370 e. The molecule has 0 amide bonds. The fourth-order valence-corrected chi connectivity index (χ4v) is 2.83. The Labute approximate surface area is 129 Å². The SMILES string of the molecule is CCCNc1cc(NC2CCC(C)(C)CC2)nc(CC)n1. The number of hydrogen-bond donors (Lipinski definition) is 2. The number of rotatable bonds is 6. The number of aromatic nitrogens is 2. The van der Waals surface area contributed by atoms with Gasteiger partial charge in [-0.05, 0) is 37.5 Å². The molecule has 1 aliphatic carbocycles. The van der Waals surface area contributed by atoms with Gasteiger partial charge in [-0.2, -0.15) is 0 Å². The number of hydrogen-bond acceptors (Lipinski definition) is 4. The van der Waals surface area contributed by atoms with E-state index in [2.05, 4.69) is 54.4 Å². The van der Waals surface area contributed by atoms with Gasteiger partial charge >= 0.3 is 0 Å². The lowest BCUT2D eigenvalue weighted by atomic mass is 9.75. The molecule has 1 aliphatic rings. The van der Waals surface area contributed by atoms with Gasteiger partial charge < -0.3 is 10.6 Å². The third-order valence-corrected chi connectivity index (χ3v) is 4.34. The molecule has 21 heavy (non-hydrogen) atoms. The normalized spacial score (nSPS) is 18.5. The molecule has 4 heteroatoms. The third kappa shape index (κ3) is 4.87. The summed E-state index contributed by atoms with van der Waals surface area (Å²) in [5.41, 5.74) is 0.506. The van der Waals surface area contributed by atoms with Gasteiger partial charge in [0.15, 0.2) is 0 Å². The maximum Gasteiger partial charge on any atom is 0.132 e. The van der Waals surface area contributed by atoms with Crippen LogP contribution in [0.25, 0.3) is 0 Å². The van der Waals surface area contributed by atoms with Crippen LogP contribution in [0.5, 0.6) is 0 Å². The minimum atomic E-state index is 0.506. The first-order valence-corrected chi connectivity index (χ1v) is 8.41. The molecule has 1 aromatic rings. The van der Waals surface area contributed by atoms with Gasteiger partial charge in [0.05, 0.1) is 0 Å². The quantitative estimate of drug-likeness (QED) is 0.822. The van der Waals surface area contributed by atoms with Gasteiger partial charge in [-0.25, -0.2) is 9.97 Å². The molecule has 0 unspecified atom stereocenters. The Morgan fingerprint density at radius 2 is 1.81 bits per heavy atom. The Hall–Kier alpha value is -1.32. The van der Waals surface area contributed by atoms with Crippen LogP contribution in [0, 0.1) is 5.41 Å². The van der Waals surface area contributed by atoms with Gasteiger partial charge in [0.1, 0.15) is 17.5 Å². The molecule has 1 heterocycles. The summed E-state index contributed by atoms with van der Waals surface area (Å²) >= 11 is 0. The van der Waals surface area contributed by atoms with Crippen molar-refractivity contribution >= 4 is 11.6 Å². The molecule has 0 radical (unpaired) electrons. The summed E-state index contributed by atoms with van der Waals surface area (Å²) in [6.45, 7) is 9.96. The first-order valence-electron chi connectivity index (χ1n) is 8.41. The van der Waals surface area contributed by atoms with Crippen molar-refractivity contribution < 1.29 is 0 Å². The maximum absolute atomic E-state index is 4.63. The summed E-state index contributed by atoms with van der Waals surface area (Å²) in [7, 11) is 0. The lowest BCUT2D eigenvalue weighted by Crippen LogP contribution is -2.30. The summed E-state index contributed by atoms with van der Waals surface area (Å²) in [4.78, 5) is 9.17. The molecule has 118 valence electrons. The molecule has 0 atom stereocenters. The maximum atomic E-state index is 4.63. The standard InChI is InChI=1S/C17H30N4/c1-5-11-18-15-12-16(21-14(6-2)20-15)19-13-7-9-17(3,4)10-8-13/h12-13H,5-11H2,1-4H3,(H2,18,19,20,21). The molecule has 0 bridgehead atoms. The largest absolute Gasteiger partial charge is 0.370 e. The molecule has 4 nitrogen and oxygen atoms in total. The number of aryl methyl sites for hydroxylation is 1. The second-order valence-electron chi connectivity index (χ2n) is 6.92. The Morgan fingerprint density at radius 3 is 2.43 bits per heavy atom. The van der Waals surface area contributed by atoms with Crippen LogP contribution in [0.3, 0.4) is 0 Å². The monoisotopic (exact) mass is 290 g/mol. The Bertz CT molecular complexity index is 446. The first-order chi connectivity index (χ1) is 10.0. The summed E-state index contributed by atoms with van der Waals surface area (Å²) in [5, 5.41) is 6.99. The van der Waals surface area contributed by atoms with E-state index in [4.69, 9.17) is 0 Å². The van der Waals surface area contributed by atoms with Gasteiger partial charge in [0.25, 0.3) is 0 Å². The van der Waals surface area contributed by atoms with E-state index in [1.54, 1.807) is 0 Å². The minimum absolute atomic E-state index is 0.506. The molecule has 1 fully saturated rings. The summed E-state index contributed by atoms with van der Waals surface area (Å²) in [6.07, 6.45) is 7.01. The predicted molar refractivity (Wildman–Crippen MR) is 89.9 cm³/mol. The summed E-state index contributed by atoms with van der Waals surface area (Å²) in [6, 6.07) is 2.60. The van der Waals surface area contributed by atoms with Crippen LogP contribution in [0.2, 0.25) is 0 Å². The lowest BCUT2D eigenvalue weighted by Gasteiger charge is -2.34. The summed E-state index contributed by atoms with van der Waals surface area (Å²) < 4.78 is 0. The van der Waals surface area contributed by atoms with Crippen LogP contribution >= 0.6 is 0 Å². The number of nitrogens with one attached hydrogen (secondary N) is 2. The second kappa shape index (κ2) is 7.10. The second-order valence-corrected chi connectivity index (χ2v) is 6.92. The predicted octanol–water partition coefficient (Wildman–Crippen LogP) is 4.24. The van der Waals surface area contributed by atoms with Crippen LogP contribution in [0.15, 0.2) is 6.07 Å². The fourth-order valence-electron chi connectivity index (χ4n) is 2.83. The van der Waals surface area contributed by atoms with E-state index in [1.807, 2.05) is 0 Å². The zero-order valence-corrected chi connectivity index (χ0v) is 14.0. The van der Waals surface area contributed by atoms with E-state index < -0.39 is 0 Å². The fraction of sp³-hybridized carbons (Fsp3) is 0.765. The Morgan fingerprint density at radius 1 is 1.14 bits per heavy atom. The van der Waals surface area contributed by atoms with Gasteiger partial charge in [0.2, 0.25) is 0 Å². The van der Waals surface area contributed by atoms with Crippen LogP contribution in [0.4, 0.5) is 11.6 Å². The van der Waals surface area contributed by atoms with Crippen molar-refractivity contribution in [2.24, 2.45) is 5.41 Å². The zero-order chi connectivity index (χ0) is 15.3. The highest BCUT2D eigenvalue weighted by Crippen LogP contribution is 2.36.